The van der Waals surface area contributed by atoms with Crippen molar-refractivity contribution in [3.05, 3.63) is 89.6 Å². The molecule has 0 bridgehead atoms. The molecule has 1 amide bonds. The van der Waals surface area contributed by atoms with Gasteiger partial charge in [0.05, 0.1) is 11.9 Å². The summed E-state index contributed by atoms with van der Waals surface area (Å²) in [6.07, 6.45) is 3.75. The van der Waals surface area contributed by atoms with Crippen LogP contribution in [0, 0.1) is 6.92 Å². The van der Waals surface area contributed by atoms with Crippen LogP contribution in [0.4, 0.5) is 11.5 Å². The summed E-state index contributed by atoms with van der Waals surface area (Å²) in [6.45, 7) is 2.86. The first kappa shape index (κ1) is 17.7. The Kier molecular flexibility index (Phi) is 5.99. The van der Waals surface area contributed by atoms with E-state index in [0.29, 0.717) is 11.3 Å². The summed E-state index contributed by atoms with van der Waals surface area (Å²) < 4.78 is 0. The van der Waals surface area contributed by atoms with Gasteiger partial charge in [0.1, 0.15) is 5.82 Å². The number of amides is 1. The molecule has 0 radical (unpaired) electrons. The fraction of sp³-hybridized carbons (Fsp3) is 0.182. The first-order valence-corrected chi connectivity index (χ1v) is 8.82. The number of anilines is 2. The number of carbonyl (C=O) groups is 1. The number of carbonyl (C=O) groups excluding carboxylic acids is 1. The van der Waals surface area contributed by atoms with Gasteiger partial charge in [-0.1, -0.05) is 48.0 Å². The average molecular weight is 345 g/mol. The Morgan fingerprint density at radius 3 is 2.42 bits per heavy atom. The van der Waals surface area contributed by atoms with Crippen molar-refractivity contribution in [1.82, 2.24) is 4.98 Å². The molecule has 0 aliphatic carbocycles. The van der Waals surface area contributed by atoms with Gasteiger partial charge in [-0.2, -0.15) is 0 Å². The highest BCUT2D eigenvalue weighted by atomic mass is 16.1. The van der Waals surface area contributed by atoms with Crippen LogP contribution >= 0.6 is 0 Å². The minimum absolute atomic E-state index is 0.129. The number of benzene rings is 2. The van der Waals surface area contributed by atoms with E-state index in [2.05, 4.69) is 39.9 Å². The van der Waals surface area contributed by atoms with Gasteiger partial charge in [-0.05, 0) is 49.6 Å². The summed E-state index contributed by atoms with van der Waals surface area (Å²) in [5.74, 6) is 0.682. The predicted octanol–water partition coefficient (Wildman–Crippen LogP) is 4.69. The molecule has 0 aliphatic rings. The van der Waals surface area contributed by atoms with Crippen molar-refractivity contribution in [2.45, 2.75) is 19.8 Å². The summed E-state index contributed by atoms with van der Waals surface area (Å²) in [6, 6.07) is 21.7. The van der Waals surface area contributed by atoms with E-state index in [1.807, 2.05) is 49.4 Å². The third-order valence-corrected chi connectivity index (χ3v) is 4.13. The molecule has 0 unspecified atom stereocenters. The highest BCUT2D eigenvalue weighted by Gasteiger charge is 2.06. The molecule has 0 atom stereocenters. The quantitative estimate of drug-likeness (QED) is 0.611. The maximum atomic E-state index is 12.2. The SMILES string of the molecule is Cc1ccc(C(=O)Nc2ccc(NCCCc3ccccc3)nc2)cc1. The van der Waals surface area contributed by atoms with Crippen LogP contribution in [0.15, 0.2) is 72.9 Å². The molecule has 2 aromatic carbocycles. The summed E-state index contributed by atoms with van der Waals surface area (Å²) in [4.78, 5) is 16.6. The zero-order chi connectivity index (χ0) is 18.2. The minimum Gasteiger partial charge on any atom is -0.370 e. The molecule has 0 fully saturated rings. The predicted molar refractivity (Wildman–Crippen MR) is 107 cm³/mol. The van der Waals surface area contributed by atoms with Crippen molar-refractivity contribution in [2.24, 2.45) is 0 Å². The topological polar surface area (TPSA) is 54.0 Å². The van der Waals surface area contributed by atoms with Gasteiger partial charge in [0.25, 0.3) is 5.91 Å². The van der Waals surface area contributed by atoms with Crippen molar-refractivity contribution in [1.29, 1.82) is 0 Å². The molecular weight excluding hydrogens is 322 g/mol. The monoisotopic (exact) mass is 345 g/mol. The first-order chi connectivity index (χ1) is 12.7. The molecular formula is C22H23N3O. The third kappa shape index (κ3) is 5.18. The molecule has 1 aromatic heterocycles. The number of aromatic nitrogens is 1. The number of rotatable bonds is 7. The Balaban J connectivity index is 1.45. The van der Waals surface area contributed by atoms with Crippen molar-refractivity contribution in [3.8, 4) is 0 Å². The van der Waals surface area contributed by atoms with Crippen LogP contribution in [-0.2, 0) is 6.42 Å². The molecule has 2 N–H and O–H groups in total. The molecule has 4 nitrogen and oxygen atoms in total. The fourth-order valence-corrected chi connectivity index (χ4v) is 2.63. The van der Waals surface area contributed by atoms with E-state index in [9.17, 15) is 4.79 Å². The summed E-state index contributed by atoms with van der Waals surface area (Å²) in [7, 11) is 0. The highest BCUT2D eigenvalue weighted by molar-refractivity contribution is 6.04. The molecule has 1 heterocycles. The molecule has 26 heavy (non-hydrogen) atoms. The van der Waals surface area contributed by atoms with Gasteiger partial charge >= 0.3 is 0 Å². The van der Waals surface area contributed by atoms with Crippen molar-refractivity contribution < 1.29 is 4.79 Å². The van der Waals surface area contributed by atoms with Gasteiger partial charge < -0.3 is 10.6 Å². The van der Waals surface area contributed by atoms with E-state index >= 15 is 0 Å². The van der Waals surface area contributed by atoms with E-state index in [4.69, 9.17) is 0 Å². The van der Waals surface area contributed by atoms with Crippen molar-refractivity contribution >= 4 is 17.4 Å². The Bertz CT molecular complexity index is 828. The maximum Gasteiger partial charge on any atom is 0.255 e. The fourth-order valence-electron chi connectivity index (χ4n) is 2.63. The van der Waals surface area contributed by atoms with E-state index in [-0.39, 0.29) is 5.91 Å². The van der Waals surface area contributed by atoms with Gasteiger partial charge in [0.15, 0.2) is 0 Å². The number of pyridine rings is 1. The largest absolute Gasteiger partial charge is 0.370 e. The Labute approximate surface area is 154 Å². The number of hydrogen-bond acceptors (Lipinski definition) is 3. The zero-order valence-electron chi connectivity index (χ0n) is 14.9. The molecule has 0 saturated carbocycles. The lowest BCUT2D eigenvalue weighted by atomic mass is 10.1. The second-order valence-electron chi connectivity index (χ2n) is 6.27. The Morgan fingerprint density at radius 1 is 0.962 bits per heavy atom. The zero-order valence-corrected chi connectivity index (χ0v) is 14.9. The van der Waals surface area contributed by atoms with Crippen LogP contribution in [0.5, 0.6) is 0 Å². The van der Waals surface area contributed by atoms with Gasteiger partial charge in [0, 0.05) is 12.1 Å². The van der Waals surface area contributed by atoms with Crippen LogP contribution in [0.2, 0.25) is 0 Å². The number of aryl methyl sites for hydroxylation is 2. The van der Waals surface area contributed by atoms with Gasteiger partial charge in [0.2, 0.25) is 0 Å². The molecule has 0 spiro atoms. The average Bonchev–Trinajstić information content (AvgIpc) is 2.68. The summed E-state index contributed by atoms with van der Waals surface area (Å²) in [5, 5.41) is 6.17. The van der Waals surface area contributed by atoms with Crippen LogP contribution in [0.25, 0.3) is 0 Å². The van der Waals surface area contributed by atoms with Crippen LogP contribution in [0.1, 0.15) is 27.9 Å². The molecule has 3 aromatic rings. The molecule has 4 heteroatoms. The molecule has 0 saturated heterocycles. The minimum atomic E-state index is -0.129. The van der Waals surface area contributed by atoms with Crippen molar-refractivity contribution in [3.63, 3.8) is 0 Å². The van der Waals surface area contributed by atoms with E-state index in [1.165, 1.54) is 5.56 Å². The van der Waals surface area contributed by atoms with Gasteiger partial charge in [-0.3, -0.25) is 4.79 Å². The van der Waals surface area contributed by atoms with Crippen LogP contribution in [-0.4, -0.2) is 17.4 Å². The van der Waals surface area contributed by atoms with E-state index in [1.54, 1.807) is 6.20 Å². The Morgan fingerprint density at radius 2 is 1.73 bits per heavy atom. The van der Waals surface area contributed by atoms with Gasteiger partial charge in [-0.15, -0.1) is 0 Å². The number of nitrogens with zero attached hydrogens (tertiary/aromatic N) is 1. The standard InChI is InChI=1S/C22H23N3O/c1-17-9-11-19(12-10-17)22(26)25-20-13-14-21(24-16-20)23-15-5-8-18-6-3-2-4-7-18/h2-4,6-7,9-14,16H,5,8,15H2,1H3,(H,23,24)(H,25,26). The lowest BCUT2D eigenvalue weighted by Gasteiger charge is -2.08. The first-order valence-electron chi connectivity index (χ1n) is 8.82. The lowest BCUT2D eigenvalue weighted by molar-refractivity contribution is 0.102. The molecule has 3 rings (SSSR count). The van der Waals surface area contributed by atoms with Crippen LogP contribution in [0.3, 0.4) is 0 Å². The van der Waals surface area contributed by atoms with E-state index in [0.717, 1.165) is 30.8 Å². The smallest absolute Gasteiger partial charge is 0.255 e. The van der Waals surface area contributed by atoms with Crippen LogP contribution < -0.4 is 10.6 Å². The number of hydrogen-bond donors (Lipinski definition) is 2. The molecule has 0 aliphatic heterocycles. The second-order valence-corrected chi connectivity index (χ2v) is 6.27. The second kappa shape index (κ2) is 8.81. The highest BCUT2D eigenvalue weighted by Crippen LogP contribution is 2.12. The summed E-state index contributed by atoms with van der Waals surface area (Å²) in [5.41, 5.74) is 3.80. The maximum absolute atomic E-state index is 12.2. The lowest BCUT2D eigenvalue weighted by Crippen LogP contribution is -2.12. The summed E-state index contributed by atoms with van der Waals surface area (Å²) >= 11 is 0. The Hall–Kier alpha value is -3.14. The normalized spacial score (nSPS) is 10.3. The number of nitrogens with one attached hydrogen (secondary N) is 2. The van der Waals surface area contributed by atoms with Crippen molar-refractivity contribution in [2.75, 3.05) is 17.2 Å². The van der Waals surface area contributed by atoms with Gasteiger partial charge in [-0.25, -0.2) is 4.98 Å². The van der Waals surface area contributed by atoms with E-state index < -0.39 is 0 Å². The third-order valence-electron chi connectivity index (χ3n) is 4.13. The molecule has 132 valence electrons.